The third-order valence-electron chi connectivity index (χ3n) is 3.40. The van der Waals surface area contributed by atoms with Gasteiger partial charge in [-0.2, -0.15) is 0 Å². The van der Waals surface area contributed by atoms with E-state index in [1.165, 1.54) is 0 Å². The first-order valence-corrected chi connectivity index (χ1v) is 6.92. The number of Topliss-reactive ketones (excluding diaryl/α,β-unsaturated/α-hetero) is 1. The average Bonchev–Trinajstić information content (AvgIpc) is 2.55. The van der Waals surface area contributed by atoms with Crippen LogP contribution in [-0.2, 0) is 6.54 Å². The molecule has 2 rings (SSSR count). The van der Waals surface area contributed by atoms with Crippen LogP contribution in [0.1, 0.15) is 22.8 Å². The number of nitrogens with zero attached hydrogens (tertiary/aromatic N) is 1. The van der Waals surface area contributed by atoms with Crippen molar-refractivity contribution in [1.29, 1.82) is 0 Å². The summed E-state index contributed by atoms with van der Waals surface area (Å²) >= 11 is 0. The molecule has 1 unspecified atom stereocenters. The van der Waals surface area contributed by atoms with Gasteiger partial charge in [0.05, 0.1) is 11.0 Å². The summed E-state index contributed by atoms with van der Waals surface area (Å²) in [7, 11) is 0. The summed E-state index contributed by atoms with van der Waals surface area (Å²) in [6, 6.07) is 10.8. The number of benzene rings is 2. The number of hydrogen-bond acceptors (Lipinski definition) is 6. The molecule has 8 heteroatoms. The van der Waals surface area contributed by atoms with E-state index in [1.54, 1.807) is 6.92 Å². The number of nitro benzene ring substituents is 1. The minimum atomic E-state index is -0.853. The van der Waals surface area contributed by atoms with Gasteiger partial charge >= 0.3 is 5.69 Å². The molecule has 2 aromatic carbocycles. The molecule has 0 heterocycles. The van der Waals surface area contributed by atoms with E-state index >= 15 is 0 Å². The summed E-state index contributed by atoms with van der Waals surface area (Å²) in [6.45, 7) is 2.08. The predicted octanol–water partition coefficient (Wildman–Crippen LogP) is 2.79. The van der Waals surface area contributed by atoms with Crippen molar-refractivity contribution in [3.05, 3.63) is 63.7 Å². The Morgan fingerprint density at radius 3 is 2.46 bits per heavy atom. The van der Waals surface area contributed by atoms with Crippen LogP contribution in [0.5, 0.6) is 11.5 Å². The Bertz CT molecular complexity index is 737. The van der Waals surface area contributed by atoms with Crippen molar-refractivity contribution in [2.75, 3.05) is 0 Å². The molecule has 0 spiro atoms. The van der Waals surface area contributed by atoms with Crippen LogP contribution < -0.4 is 5.32 Å². The quantitative estimate of drug-likeness (QED) is 0.319. The average molecular weight is 353 g/mol. The standard InChI is InChI=1S/C16H16N2O5.ClH/c1-10(17-9-11-5-3-2-4-6-11)15(20)12-7-13(18(22)23)16(21)14(19)8-12;/h2-8,10,17,19,21H,9H2,1H3;1H. The highest BCUT2D eigenvalue weighted by Crippen LogP contribution is 2.36. The first-order chi connectivity index (χ1) is 10.9. The van der Waals surface area contributed by atoms with E-state index in [-0.39, 0.29) is 18.0 Å². The van der Waals surface area contributed by atoms with E-state index < -0.39 is 33.9 Å². The van der Waals surface area contributed by atoms with E-state index in [1.807, 2.05) is 30.3 Å². The van der Waals surface area contributed by atoms with Crippen molar-refractivity contribution in [3.63, 3.8) is 0 Å². The normalized spacial score (nSPS) is 11.4. The topological polar surface area (TPSA) is 113 Å². The van der Waals surface area contributed by atoms with Gasteiger partial charge in [-0.3, -0.25) is 14.9 Å². The monoisotopic (exact) mass is 352 g/mol. The molecule has 24 heavy (non-hydrogen) atoms. The van der Waals surface area contributed by atoms with E-state index in [9.17, 15) is 25.1 Å². The lowest BCUT2D eigenvalue weighted by molar-refractivity contribution is -0.386. The number of carbonyl (C=O) groups excluding carboxylic acids is 1. The van der Waals surface area contributed by atoms with Gasteiger partial charge in [-0.05, 0) is 18.6 Å². The number of phenolic OH excluding ortho intramolecular Hbond substituents is 2. The Morgan fingerprint density at radius 2 is 1.88 bits per heavy atom. The fraction of sp³-hybridized carbons (Fsp3) is 0.188. The van der Waals surface area contributed by atoms with Crippen molar-refractivity contribution in [2.24, 2.45) is 0 Å². The van der Waals surface area contributed by atoms with Gasteiger partial charge < -0.3 is 15.5 Å². The van der Waals surface area contributed by atoms with Gasteiger partial charge in [-0.1, -0.05) is 30.3 Å². The number of aromatic hydroxyl groups is 2. The third-order valence-corrected chi connectivity index (χ3v) is 3.40. The minimum absolute atomic E-state index is 0. The van der Waals surface area contributed by atoms with Crippen molar-refractivity contribution < 1.29 is 19.9 Å². The highest BCUT2D eigenvalue weighted by Gasteiger charge is 2.23. The van der Waals surface area contributed by atoms with Gasteiger partial charge in [0, 0.05) is 18.2 Å². The Labute approximate surface area is 144 Å². The van der Waals surface area contributed by atoms with Crippen LogP contribution in [0.3, 0.4) is 0 Å². The second-order valence-electron chi connectivity index (χ2n) is 5.07. The van der Waals surface area contributed by atoms with Crippen LogP contribution in [-0.4, -0.2) is 27.0 Å². The molecular formula is C16H17ClN2O5. The maximum absolute atomic E-state index is 12.3. The molecule has 0 amide bonds. The zero-order valence-electron chi connectivity index (χ0n) is 12.8. The number of hydrogen-bond donors (Lipinski definition) is 3. The first kappa shape index (κ1) is 19.4. The minimum Gasteiger partial charge on any atom is -0.504 e. The predicted molar refractivity (Wildman–Crippen MR) is 90.7 cm³/mol. The van der Waals surface area contributed by atoms with Crippen LogP contribution in [0, 0.1) is 10.1 Å². The second-order valence-corrected chi connectivity index (χ2v) is 5.07. The molecule has 0 bridgehead atoms. The smallest absolute Gasteiger partial charge is 0.315 e. The molecule has 0 radical (unpaired) electrons. The summed E-state index contributed by atoms with van der Waals surface area (Å²) in [5.41, 5.74) is 0.246. The third kappa shape index (κ3) is 4.43. The molecule has 128 valence electrons. The molecule has 1 atom stereocenters. The van der Waals surface area contributed by atoms with Crippen LogP contribution >= 0.6 is 12.4 Å². The summed E-state index contributed by atoms with van der Waals surface area (Å²) in [4.78, 5) is 22.3. The molecular weight excluding hydrogens is 336 g/mol. The van der Waals surface area contributed by atoms with Crippen LogP contribution in [0.4, 0.5) is 5.69 Å². The Balaban J connectivity index is 0.00000288. The number of carbonyl (C=O) groups is 1. The number of nitrogens with one attached hydrogen (secondary N) is 1. The van der Waals surface area contributed by atoms with Crippen molar-refractivity contribution >= 4 is 23.9 Å². The van der Waals surface area contributed by atoms with Crippen molar-refractivity contribution in [2.45, 2.75) is 19.5 Å². The molecule has 0 fully saturated rings. The molecule has 0 saturated carbocycles. The van der Waals surface area contributed by atoms with E-state index in [4.69, 9.17) is 0 Å². The molecule has 0 saturated heterocycles. The summed E-state index contributed by atoms with van der Waals surface area (Å²) in [5, 5.41) is 32.8. The molecule has 0 aromatic heterocycles. The highest BCUT2D eigenvalue weighted by atomic mass is 35.5. The Kier molecular flexibility index (Phi) is 6.69. The van der Waals surface area contributed by atoms with Crippen LogP contribution in [0.2, 0.25) is 0 Å². The lowest BCUT2D eigenvalue weighted by Gasteiger charge is -2.13. The molecule has 3 N–H and O–H groups in total. The van der Waals surface area contributed by atoms with Gasteiger partial charge in [0.1, 0.15) is 0 Å². The number of ketones is 1. The van der Waals surface area contributed by atoms with E-state index in [2.05, 4.69) is 5.32 Å². The van der Waals surface area contributed by atoms with E-state index in [0.717, 1.165) is 17.7 Å². The number of halogens is 1. The molecule has 0 aliphatic carbocycles. The lowest BCUT2D eigenvalue weighted by Crippen LogP contribution is -2.33. The van der Waals surface area contributed by atoms with Gasteiger partial charge in [-0.15, -0.1) is 12.4 Å². The molecule has 0 aliphatic heterocycles. The molecule has 0 aliphatic rings. The molecule has 2 aromatic rings. The Hall–Kier alpha value is -2.64. The Morgan fingerprint density at radius 1 is 1.25 bits per heavy atom. The second kappa shape index (κ2) is 8.28. The maximum atomic E-state index is 12.3. The van der Waals surface area contributed by atoms with Crippen molar-refractivity contribution in [3.8, 4) is 11.5 Å². The zero-order chi connectivity index (χ0) is 17.0. The SMILES string of the molecule is CC(NCc1ccccc1)C(=O)c1cc(O)c(O)c([N+](=O)[O-])c1.Cl. The maximum Gasteiger partial charge on any atom is 0.315 e. The number of nitro groups is 1. The van der Waals surface area contributed by atoms with Gasteiger partial charge in [0.15, 0.2) is 11.5 Å². The van der Waals surface area contributed by atoms with Gasteiger partial charge in [-0.25, -0.2) is 0 Å². The summed E-state index contributed by atoms with van der Waals surface area (Å²) in [6.07, 6.45) is 0. The first-order valence-electron chi connectivity index (χ1n) is 6.92. The summed E-state index contributed by atoms with van der Waals surface area (Å²) in [5.74, 6) is -1.96. The number of phenols is 2. The fourth-order valence-electron chi connectivity index (χ4n) is 2.10. The lowest BCUT2D eigenvalue weighted by atomic mass is 10.0. The zero-order valence-corrected chi connectivity index (χ0v) is 13.6. The molecule has 7 nitrogen and oxygen atoms in total. The van der Waals surface area contributed by atoms with Crippen molar-refractivity contribution in [1.82, 2.24) is 5.32 Å². The van der Waals surface area contributed by atoms with Gasteiger partial charge in [0.25, 0.3) is 0 Å². The highest BCUT2D eigenvalue weighted by molar-refractivity contribution is 6.01. The number of rotatable bonds is 6. The largest absolute Gasteiger partial charge is 0.504 e. The van der Waals surface area contributed by atoms with E-state index in [0.29, 0.717) is 6.54 Å². The summed E-state index contributed by atoms with van der Waals surface area (Å²) < 4.78 is 0. The van der Waals surface area contributed by atoms with Gasteiger partial charge in [0.2, 0.25) is 5.75 Å². The van der Waals surface area contributed by atoms with Crippen LogP contribution in [0.15, 0.2) is 42.5 Å². The fourth-order valence-corrected chi connectivity index (χ4v) is 2.10. The van der Waals surface area contributed by atoms with Crippen LogP contribution in [0.25, 0.3) is 0 Å².